The van der Waals surface area contributed by atoms with Crippen LogP contribution in [0, 0.1) is 4.77 Å². The molecule has 0 aliphatic heterocycles. The van der Waals surface area contributed by atoms with E-state index < -0.39 is 0 Å². The van der Waals surface area contributed by atoms with Gasteiger partial charge in [0, 0.05) is 4.48 Å². The number of aromatic nitrogens is 2. The molecule has 1 heterocycles. The van der Waals surface area contributed by atoms with Gasteiger partial charge in [0.05, 0.1) is 22.6 Å². The quantitative estimate of drug-likeness (QED) is 0.822. The maximum Gasteiger partial charge on any atom is 0.178 e. The average molecular weight is 304 g/mol. The molecule has 0 fully saturated rings. The summed E-state index contributed by atoms with van der Waals surface area (Å²) in [5, 5.41) is 0.689. The Kier molecular flexibility index (Phi) is 3.00. The molecule has 78 valence electrons. The van der Waals surface area contributed by atoms with E-state index in [0.29, 0.717) is 16.3 Å². The van der Waals surface area contributed by atoms with Gasteiger partial charge < -0.3 is 9.55 Å². The maximum atomic E-state index is 6.13. The van der Waals surface area contributed by atoms with Crippen molar-refractivity contribution in [3.05, 3.63) is 39.1 Å². The van der Waals surface area contributed by atoms with Crippen LogP contribution in [0.3, 0.4) is 0 Å². The highest BCUT2D eigenvalue weighted by Crippen LogP contribution is 2.24. The van der Waals surface area contributed by atoms with E-state index in [2.05, 4.69) is 27.5 Å². The Morgan fingerprint density at radius 3 is 3.00 bits per heavy atom. The van der Waals surface area contributed by atoms with Gasteiger partial charge in [0.15, 0.2) is 4.77 Å². The fourth-order valence-electron chi connectivity index (χ4n) is 1.50. The third kappa shape index (κ3) is 2.02. The molecule has 1 aromatic heterocycles. The van der Waals surface area contributed by atoms with E-state index in [4.69, 9.17) is 23.8 Å². The summed E-state index contributed by atoms with van der Waals surface area (Å²) in [5.41, 5.74) is 1.87. The first-order valence-electron chi connectivity index (χ1n) is 4.30. The topological polar surface area (TPSA) is 20.7 Å². The molecule has 5 heteroatoms. The SMILES string of the molecule is C=C(Br)Cn1c(=S)[nH]c2cccc(Cl)c21. The molecule has 15 heavy (non-hydrogen) atoms. The van der Waals surface area contributed by atoms with Crippen molar-refractivity contribution in [2.75, 3.05) is 0 Å². The highest BCUT2D eigenvalue weighted by Gasteiger charge is 2.07. The van der Waals surface area contributed by atoms with E-state index in [1.54, 1.807) is 0 Å². The smallest absolute Gasteiger partial charge is 0.178 e. The second-order valence-corrected chi connectivity index (χ2v) is 5.08. The lowest BCUT2D eigenvalue weighted by molar-refractivity contribution is 0.829. The van der Waals surface area contributed by atoms with Crippen LogP contribution in [0.25, 0.3) is 11.0 Å². The summed E-state index contributed by atoms with van der Waals surface area (Å²) < 4.78 is 3.43. The molecule has 2 nitrogen and oxygen atoms in total. The Morgan fingerprint density at radius 1 is 1.60 bits per heavy atom. The Bertz CT molecular complexity index is 585. The summed E-state index contributed by atoms with van der Waals surface area (Å²) in [6.45, 7) is 4.41. The number of benzene rings is 1. The second kappa shape index (κ2) is 4.12. The number of nitrogens with zero attached hydrogens (tertiary/aromatic N) is 1. The van der Waals surface area contributed by atoms with E-state index in [9.17, 15) is 0 Å². The summed E-state index contributed by atoms with van der Waals surface area (Å²) in [6, 6.07) is 5.69. The van der Waals surface area contributed by atoms with Crippen molar-refractivity contribution in [2.45, 2.75) is 6.54 Å². The first-order valence-corrected chi connectivity index (χ1v) is 5.88. The third-order valence-corrected chi connectivity index (χ3v) is 2.95. The van der Waals surface area contributed by atoms with Crippen molar-refractivity contribution >= 4 is 50.8 Å². The molecule has 0 spiro atoms. The van der Waals surface area contributed by atoms with Crippen molar-refractivity contribution in [3.8, 4) is 0 Å². The van der Waals surface area contributed by atoms with E-state index in [-0.39, 0.29) is 0 Å². The lowest BCUT2D eigenvalue weighted by atomic mass is 10.3. The van der Waals surface area contributed by atoms with Gasteiger partial charge in [-0.15, -0.1) is 0 Å². The number of H-pyrrole nitrogens is 1. The summed E-state index contributed by atoms with van der Waals surface area (Å²) >= 11 is 14.7. The van der Waals surface area contributed by atoms with Crippen molar-refractivity contribution in [1.82, 2.24) is 9.55 Å². The number of halogens is 2. The van der Waals surface area contributed by atoms with Crippen molar-refractivity contribution < 1.29 is 0 Å². The molecule has 1 N–H and O–H groups in total. The summed E-state index contributed by atoms with van der Waals surface area (Å²) in [4.78, 5) is 3.10. The molecular weight excluding hydrogens is 296 g/mol. The molecule has 0 saturated heterocycles. The molecule has 0 radical (unpaired) electrons. The van der Waals surface area contributed by atoms with Crippen LogP contribution in [0.1, 0.15) is 0 Å². The monoisotopic (exact) mass is 302 g/mol. The molecule has 2 aromatic rings. The van der Waals surface area contributed by atoms with Crippen LogP contribution in [-0.4, -0.2) is 9.55 Å². The largest absolute Gasteiger partial charge is 0.331 e. The van der Waals surface area contributed by atoms with Crippen molar-refractivity contribution in [3.63, 3.8) is 0 Å². The minimum absolute atomic E-state index is 0.614. The van der Waals surface area contributed by atoms with Crippen LogP contribution < -0.4 is 0 Å². The number of imidazole rings is 1. The van der Waals surface area contributed by atoms with Gasteiger partial charge in [-0.3, -0.25) is 0 Å². The molecule has 0 atom stereocenters. The molecule has 0 aliphatic carbocycles. The normalized spacial score (nSPS) is 10.8. The summed E-state index contributed by atoms with van der Waals surface area (Å²) in [6.07, 6.45) is 0. The van der Waals surface area contributed by atoms with Gasteiger partial charge in [0.2, 0.25) is 0 Å². The van der Waals surface area contributed by atoms with Crippen molar-refractivity contribution in [2.24, 2.45) is 0 Å². The second-order valence-electron chi connectivity index (χ2n) is 3.17. The average Bonchev–Trinajstić information content (AvgIpc) is 2.43. The zero-order valence-electron chi connectivity index (χ0n) is 7.76. The van der Waals surface area contributed by atoms with Crippen LogP contribution >= 0.6 is 39.7 Å². The maximum absolute atomic E-state index is 6.13. The van der Waals surface area contributed by atoms with Crippen LogP contribution in [0.4, 0.5) is 0 Å². The van der Waals surface area contributed by atoms with Gasteiger partial charge in [0.1, 0.15) is 0 Å². The van der Waals surface area contributed by atoms with E-state index >= 15 is 0 Å². The van der Waals surface area contributed by atoms with Gasteiger partial charge in [0.25, 0.3) is 0 Å². The molecule has 0 saturated carbocycles. The zero-order valence-corrected chi connectivity index (χ0v) is 10.9. The number of rotatable bonds is 2. The van der Waals surface area contributed by atoms with Crippen LogP contribution in [0.15, 0.2) is 29.3 Å². The number of aromatic amines is 1. The first kappa shape index (κ1) is 10.9. The number of hydrogen-bond acceptors (Lipinski definition) is 1. The summed E-state index contributed by atoms with van der Waals surface area (Å²) in [7, 11) is 0. The first-order chi connectivity index (χ1) is 7.09. The molecule has 0 aliphatic rings. The highest BCUT2D eigenvalue weighted by molar-refractivity contribution is 9.11. The van der Waals surface area contributed by atoms with Crippen LogP contribution in [-0.2, 0) is 6.54 Å². The van der Waals surface area contributed by atoms with Crippen molar-refractivity contribution in [1.29, 1.82) is 0 Å². The van der Waals surface area contributed by atoms with Crippen LogP contribution in [0.2, 0.25) is 5.02 Å². The molecule has 2 rings (SSSR count). The van der Waals surface area contributed by atoms with E-state index in [1.165, 1.54) is 0 Å². The van der Waals surface area contributed by atoms with Gasteiger partial charge >= 0.3 is 0 Å². The highest BCUT2D eigenvalue weighted by atomic mass is 79.9. The Morgan fingerprint density at radius 2 is 2.33 bits per heavy atom. The zero-order chi connectivity index (χ0) is 11.0. The number of fused-ring (bicyclic) bond motifs is 1. The number of allylic oxidation sites excluding steroid dienone is 1. The molecule has 0 unspecified atom stereocenters. The fraction of sp³-hybridized carbons (Fsp3) is 0.100. The predicted octanol–water partition coefficient (Wildman–Crippen LogP) is 4.26. The molecule has 0 bridgehead atoms. The number of para-hydroxylation sites is 1. The Hall–Kier alpha value is -0.580. The number of hydrogen-bond donors (Lipinski definition) is 1. The minimum atomic E-state index is 0.614. The van der Waals surface area contributed by atoms with Gasteiger partial charge in [-0.1, -0.05) is 40.2 Å². The van der Waals surface area contributed by atoms with Gasteiger partial charge in [-0.05, 0) is 24.4 Å². The van der Waals surface area contributed by atoms with Crippen LogP contribution in [0.5, 0.6) is 0 Å². The van der Waals surface area contributed by atoms with E-state index in [1.807, 2.05) is 22.8 Å². The summed E-state index contributed by atoms with van der Waals surface area (Å²) in [5.74, 6) is 0. The Labute approximate surface area is 106 Å². The van der Waals surface area contributed by atoms with Gasteiger partial charge in [-0.25, -0.2) is 0 Å². The molecular formula is C10H8BrClN2S. The minimum Gasteiger partial charge on any atom is -0.331 e. The lowest BCUT2D eigenvalue weighted by Crippen LogP contribution is -1.97. The Balaban J connectivity index is 2.76. The van der Waals surface area contributed by atoms with E-state index in [0.717, 1.165) is 15.5 Å². The standard InChI is InChI=1S/C10H8BrClN2S/c1-6(11)5-14-9-7(12)3-2-4-8(9)13-10(14)15/h2-4H,1,5H2,(H,13,15). The fourth-order valence-corrected chi connectivity index (χ4v) is 2.29. The lowest BCUT2D eigenvalue weighted by Gasteiger charge is -2.03. The number of nitrogens with one attached hydrogen (secondary N) is 1. The van der Waals surface area contributed by atoms with Gasteiger partial charge in [-0.2, -0.15) is 0 Å². The predicted molar refractivity (Wildman–Crippen MR) is 70.2 cm³/mol. The molecule has 1 aromatic carbocycles. The third-order valence-electron chi connectivity index (χ3n) is 2.07. The molecule has 0 amide bonds.